The lowest BCUT2D eigenvalue weighted by Gasteiger charge is -2.04. The molecule has 1 amide bonds. The lowest BCUT2D eigenvalue weighted by atomic mass is 10.2. The van der Waals surface area contributed by atoms with E-state index in [0.29, 0.717) is 15.8 Å². The molecule has 0 aliphatic carbocycles. The van der Waals surface area contributed by atoms with Crippen LogP contribution < -0.4 is 10.2 Å². The first-order chi connectivity index (χ1) is 10.5. The Morgan fingerprint density at radius 1 is 1.23 bits per heavy atom. The highest BCUT2D eigenvalue weighted by molar-refractivity contribution is 9.10. The highest BCUT2D eigenvalue weighted by Gasteiger charge is 2.10. The smallest absolute Gasteiger partial charge is 0.275 e. The van der Waals surface area contributed by atoms with Crippen LogP contribution in [0.5, 0.6) is 17.2 Å². The van der Waals surface area contributed by atoms with Gasteiger partial charge in [-0.3, -0.25) is 4.79 Å². The molecule has 2 aromatic rings. The van der Waals surface area contributed by atoms with Crippen LogP contribution in [-0.4, -0.2) is 29.4 Å². The zero-order valence-corrected chi connectivity index (χ0v) is 13.2. The number of methoxy groups -OCH3 is 1. The number of hydrogen-bond donors (Lipinski definition) is 3. The summed E-state index contributed by atoms with van der Waals surface area (Å²) in [5.41, 5.74) is 2.75. The number of hydrogen-bond acceptors (Lipinski definition) is 5. The molecule has 0 aromatic heterocycles. The average molecular weight is 365 g/mol. The molecule has 0 aliphatic heterocycles. The fourth-order valence-corrected chi connectivity index (χ4v) is 2.03. The molecule has 0 fully saturated rings. The molecule has 2 aromatic carbocycles. The lowest BCUT2D eigenvalue weighted by Crippen LogP contribution is -2.17. The van der Waals surface area contributed by atoms with Gasteiger partial charge in [0.2, 0.25) is 0 Å². The van der Waals surface area contributed by atoms with Crippen molar-refractivity contribution in [2.75, 3.05) is 7.11 Å². The van der Waals surface area contributed by atoms with Gasteiger partial charge >= 0.3 is 0 Å². The van der Waals surface area contributed by atoms with Gasteiger partial charge in [-0.25, -0.2) is 5.43 Å². The van der Waals surface area contributed by atoms with Gasteiger partial charge in [-0.05, 0) is 36.4 Å². The number of nitrogens with one attached hydrogen (secondary N) is 1. The van der Waals surface area contributed by atoms with Gasteiger partial charge < -0.3 is 14.9 Å². The number of aromatic hydroxyl groups is 2. The van der Waals surface area contributed by atoms with Crippen molar-refractivity contribution in [2.24, 2.45) is 5.10 Å². The van der Waals surface area contributed by atoms with Crippen LogP contribution in [0.15, 0.2) is 46.0 Å². The van der Waals surface area contributed by atoms with E-state index in [1.165, 1.54) is 31.5 Å². The molecule has 0 saturated carbocycles. The number of phenolic OH excluding ortho intramolecular Hbond substituents is 2. The molecule has 0 spiro atoms. The fraction of sp³-hybridized carbons (Fsp3) is 0.0667. The quantitative estimate of drug-likeness (QED) is 0.574. The topological polar surface area (TPSA) is 91.2 Å². The monoisotopic (exact) mass is 364 g/mol. The number of hydrazone groups is 1. The highest BCUT2D eigenvalue weighted by atomic mass is 79.9. The van der Waals surface area contributed by atoms with Gasteiger partial charge in [0.15, 0.2) is 0 Å². The van der Waals surface area contributed by atoms with Gasteiger partial charge in [-0.2, -0.15) is 5.10 Å². The number of rotatable bonds is 4. The van der Waals surface area contributed by atoms with Gasteiger partial charge in [0, 0.05) is 10.0 Å². The minimum absolute atomic E-state index is 0.00380. The maximum Gasteiger partial charge on any atom is 0.275 e. The van der Waals surface area contributed by atoms with Gasteiger partial charge in [-0.15, -0.1) is 0 Å². The number of benzene rings is 2. The van der Waals surface area contributed by atoms with E-state index in [-0.39, 0.29) is 17.1 Å². The van der Waals surface area contributed by atoms with Crippen LogP contribution in [-0.2, 0) is 0 Å². The summed E-state index contributed by atoms with van der Waals surface area (Å²) < 4.78 is 5.69. The Balaban J connectivity index is 2.12. The molecule has 0 unspecified atom stereocenters. The minimum Gasteiger partial charge on any atom is -0.507 e. The second kappa shape index (κ2) is 6.95. The van der Waals surface area contributed by atoms with Crippen molar-refractivity contribution >= 4 is 28.1 Å². The first-order valence-corrected chi connectivity index (χ1v) is 6.99. The summed E-state index contributed by atoms with van der Waals surface area (Å²) in [6.07, 6.45) is 1.28. The Hall–Kier alpha value is -2.54. The Morgan fingerprint density at radius 2 is 1.95 bits per heavy atom. The van der Waals surface area contributed by atoms with Crippen molar-refractivity contribution in [3.63, 3.8) is 0 Å². The molecule has 22 heavy (non-hydrogen) atoms. The molecule has 114 valence electrons. The first kappa shape index (κ1) is 15.8. The normalized spacial score (nSPS) is 10.6. The Morgan fingerprint density at radius 3 is 2.68 bits per heavy atom. The Bertz CT molecular complexity index is 731. The second-order valence-electron chi connectivity index (χ2n) is 4.29. The van der Waals surface area contributed by atoms with Gasteiger partial charge in [0.25, 0.3) is 5.91 Å². The van der Waals surface area contributed by atoms with E-state index in [1.807, 2.05) is 0 Å². The third-order valence-corrected chi connectivity index (χ3v) is 3.30. The summed E-state index contributed by atoms with van der Waals surface area (Å²) >= 11 is 3.22. The fourth-order valence-electron chi connectivity index (χ4n) is 1.67. The maximum absolute atomic E-state index is 11.9. The van der Waals surface area contributed by atoms with Crippen LogP contribution in [0.1, 0.15) is 15.9 Å². The van der Waals surface area contributed by atoms with Crippen LogP contribution in [0, 0.1) is 0 Å². The van der Waals surface area contributed by atoms with Crippen molar-refractivity contribution in [3.8, 4) is 17.2 Å². The van der Waals surface area contributed by atoms with Crippen molar-refractivity contribution in [2.45, 2.75) is 0 Å². The molecule has 2 rings (SSSR count). The zero-order chi connectivity index (χ0) is 16.1. The van der Waals surface area contributed by atoms with E-state index < -0.39 is 5.91 Å². The molecule has 3 N–H and O–H groups in total. The maximum atomic E-state index is 11.9. The molecule has 0 heterocycles. The summed E-state index contributed by atoms with van der Waals surface area (Å²) in [5.74, 6) is -0.170. The van der Waals surface area contributed by atoms with E-state index >= 15 is 0 Å². The van der Waals surface area contributed by atoms with E-state index in [2.05, 4.69) is 26.5 Å². The first-order valence-electron chi connectivity index (χ1n) is 6.20. The highest BCUT2D eigenvalue weighted by Crippen LogP contribution is 2.22. The Kier molecular flexibility index (Phi) is 5.00. The van der Waals surface area contributed by atoms with Crippen LogP contribution >= 0.6 is 15.9 Å². The standard InChI is InChI=1S/C15H13BrN2O4/c1-22-11-3-5-13(19)9(6-11)8-17-18-15(21)12-7-10(16)2-4-14(12)20/h2-8,19-20H,1H3,(H,18,21). The number of amides is 1. The summed E-state index contributed by atoms with van der Waals surface area (Å²) in [7, 11) is 1.51. The van der Waals surface area contributed by atoms with Gasteiger partial charge in [-0.1, -0.05) is 15.9 Å². The van der Waals surface area contributed by atoms with Gasteiger partial charge in [0.1, 0.15) is 17.2 Å². The zero-order valence-electron chi connectivity index (χ0n) is 11.6. The minimum atomic E-state index is -0.572. The summed E-state index contributed by atoms with van der Waals surface area (Å²) in [5, 5.41) is 23.1. The average Bonchev–Trinajstić information content (AvgIpc) is 2.51. The third-order valence-electron chi connectivity index (χ3n) is 2.81. The number of phenols is 2. The van der Waals surface area contributed by atoms with Crippen LogP contribution in [0.25, 0.3) is 0 Å². The number of ether oxygens (including phenoxy) is 1. The molecular formula is C15H13BrN2O4. The molecule has 7 heteroatoms. The van der Waals surface area contributed by atoms with E-state index in [9.17, 15) is 15.0 Å². The van der Waals surface area contributed by atoms with Crippen LogP contribution in [0.4, 0.5) is 0 Å². The van der Waals surface area contributed by atoms with E-state index in [4.69, 9.17) is 4.74 Å². The number of nitrogens with zero attached hydrogens (tertiary/aromatic N) is 1. The predicted molar refractivity (Wildman–Crippen MR) is 85.5 cm³/mol. The molecule has 6 nitrogen and oxygen atoms in total. The predicted octanol–water partition coefficient (Wildman–Crippen LogP) is 2.63. The number of halogens is 1. The Labute approximate surface area is 135 Å². The molecule has 0 aliphatic rings. The third kappa shape index (κ3) is 3.76. The number of carbonyl (C=O) groups excluding carboxylic acids is 1. The van der Waals surface area contributed by atoms with E-state index in [0.717, 1.165) is 0 Å². The van der Waals surface area contributed by atoms with Crippen molar-refractivity contribution in [3.05, 3.63) is 52.0 Å². The van der Waals surface area contributed by atoms with Crippen LogP contribution in [0.3, 0.4) is 0 Å². The molecule has 0 atom stereocenters. The van der Waals surface area contributed by atoms with Crippen molar-refractivity contribution in [1.29, 1.82) is 0 Å². The summed E-state index contributed by atoms with van der Waals surface area (Å²) in [6, 6.07) is 9.12. The van der Waals surface area contributed by atoms with Crippen molar-refractivity contribution < 1.29 is 19.7 Å². The van der Waals surface area contributed by atoms with E-state index in [1.54, 1.807) is 18.2 Å². The second-order valence-corrected chi connectivity index (χ2v) is 5.20. The largest absolute Gasteiger partial charge is 0.507 e. The molecule has 0 saturated heterocycles. The SMILES string of the molecule is COc1ccc(O)c(C=NNC(=O)c2cc(Br)ccc2O)c1. The molecule has 0 bridgehead atoms. The summed E-state index contributed by atoms with van der Waals surface area (Å²) in [4.78, 5) is 11.9. The molecule has 0 radical (unpaired) electrons. The summed E-state index contributed by atoms with van der Waals surface area (Å²) in [6.45, 7) is 0. The van der Waals surface area contributed by atoms with Gasteiger partial charge in [0.05, 0.1) is 18.9 Å². The van der Waals surface area contributed by atoms with Crippen molar-refractivity contribution in [1.82, 2.24) is 5.43 Å². The molecular weight excluding hydrogens is 352 g/mol. The number of carbonyl (C=O) groups is 1. The lowest BCUT2D eigenvalue weighted by molar-refractivity contribution is 0.0952. The van der Waals surface area contributed by atoms with Crippen LogP contribution in [0.2, 0.25) is 0 Å².